The van der Waals surface area contributed by atoms with Gasteiger partial charge in [0.2, 0.25) is 24.4 Å². The van der Waals surface area contributed by atoms with Crippen LogP contribution in [0.3, 0.4) is 0 Å². The predicted molar refractivity (Wildman–Crippen MR) is 184 cm³/mol. The second kappa shape index (κ2) is 14.7. The van der Waals surface area contributed by atoms with Crippen LogP contribution < -0.4 is 25.7 Å². The molecule has 51 heavy (non-hydrogen) atoms. The van der Waals surface area contributed by atoms with Gasteiger partial charge >= 0.3 is 6.09 Å². The normalized spacial score (nSPS) is 12.7. The highest BCUT2D eigenvalue weighted by molar-refractivity contribution is 5.98. The third-order valence-electron chi connectivity index (χ3n) is 8.36. The number of carbonyl (C=O) groups is 3. The summed E-state index contributed by atoms with van der Waals surface area (Å²) in [7, 11) is 0. The first-order valence-corrected chi connectivity index (χ1v) is 16.2. The van der Waals surface area contributed by atoms with E-state index >= 15 is 0 Å². The summed E-state index contributed by atoms with van der Waals surface area (Å²) < 4.78 is 23.2. The van der Waals surface area contributed by atoms with Crippen molar-refractivity contribution in [3.8, 4) is 22.9 Å². The van der Waals surface area contributed by atoms with Crippen LogP contribution in [0.15, 0.2) is 94.3 Å². The van der Waals surface area contributed by atoms with Gasteiger partial charge in [0.05, 0.1) is 17.7 Å². The quantitative estimate of drug-likeness (QED) is 0.166. The lowest BCUT2D eigenvalue weighted by atomic mass is 9.84. The number of nitrogens with one attached hydrogen (secondary N) is 2. The third kappa shape index (κ3) is 7.64. The number of anilines is 1. The first-order valence-electron chi connectivity index (χ1n) is 16.2. The van der Waals surface area contributed by atoms with E-state index in [-0.39, 0.29) is 36.7 Å². The minimum atomic E-state index is -1.07. The molecule has 14 nitrogen and oxygen atoms in total. The molecule has 0 fully saturated rings. The zero-order valence-corrected chi connectivity index (χ0v) is 28.4. The molecule has 3 heterocycles. The van der Waals surface area contributed by atoms with Gasteiger partial charge < -0.3 is 23.9 Å². The van der Waals surface area contributed by atoms with Crippen molar-refractivity contribution in [2.75, 3.05) is 12.1 Å². The van der Waals surface area contributed by atoms with Crippen molar-refractivity contribution < 1.29 is 33.0 Å². The van der Waals surface area contributed by atoms with Gasteiger partial charge in [0.1, 0.15) is 24.7 Å². The number of hydrogen-bond acceptors (Lipinski definition) is 11. The fourth-order valence-electron chi connectivity index (χ4n) is 5.43. The van der Waals surface area contributed by atoms with E-state index in [0.29, 0.717) is 17.1 Å². The second-order valence-electron chi connectivity index (χ2n) is 12.7. The van der Waals surface area contributed by atoms with Gasteiger partial charge in [0.15, 0.2) is 11.5 Å². The van der Waals surface area contributed by atoms with E-state index in [9.17, 15) is 19.2 Å². The highest BCUT2D eigenvalue weighted by Crippen LogP contribution is 2.38. The largest absolute Gasteiger partial charge is 0.454 e. The highest BCUT2D eigenvalue weighted by atomic mass is 16.7. The lowest BCUT2D eigenvalue weighted by molar-refractivity contribution is -0.122. The first kappa shape index (κ1) is 34.5. The molecule has 5 aromatic rings. The van der Waals surface area contributed by atoms with E-state index in [0.717, 1.165) is 15.7 Å². The number of hydrogen-bond donors (Lipinski definition) is 2. The molecule has 2 amide bonds. The smallest absolute Gasteiger partial charge is 0.412 e. The maximum Gasteiger partial charge on any atom is 0.412 e. The highest BCUT2D eigenvalue weighted by Gasteiger charge is 2.35. The van der Waals surface area contributed by atoms with Crippen LogP contribution in [0.2, 0.25) is 0 Å². The minimum Gasteiger partial charge on any atom is -0.454 e. The monoisotopic (exact) mass is 692 g/mol. The number of aromatic nitrogens is 4. The van der Waals surface area contributed by atoms with E-state index < -0.39 is 47.3 Å². The van der Waals surface area contributed by atoms with Crippen LogP contribution in [-0.2, 0) is 28.1 Å². The van der Waals surface area contributed by atoms with Crippen LogP contribution in [0, 0.1) is 5.92 Å². The molecule has 262 valence electrons. The van der Waals surface area contributed by atoms with E-state index in [1.807, 2.05) is 44.2 Å². The van der Waals surface area contributed by atoms with Gasteiger partial charge in [-0.3, -0.25) is 24.3 Å². The van der Waals surface area contributed by atoms with Gasteiger partial charge in [-0.25, -0.2) is 9.78 Å². The Kier molecular flexibility index (Phi) is 9.93. The first-order chi connectivity index (χ1) is 24.5. The molecule has 1 aliphatic rings. The van der Waals surface area contributed by atoms with Crippen molar-refractivity contribution in [1.82, 2.24) is 25.1 Å². The molecule has 0 radical (unpaired) electrons. The van der Waals surface area contributed by atoms with Crippen molar-refractivity contribution >= 4 is 23.5 Å². The minimum absolute atomic E-state index is 0.0130. The number of ketones is 1. The van der Waals surface area contributed by atoms with Crippen molar-refractivity contribution in [2.45, 2.75) is 52.3 Å². The number of rotatable bonds is 12. The molecule has 0 bridgehead atoms. The van der Waals surface area contributed by atoms with Gasteiger partial charge in [0, 0.05) is 5.56 Å². The number of ether oxygens (including phenoxy) is 3. The number of carbonyl (C=O) groups excluding carboxylic acids is 3. The Morgan fingerprint density at radius 3 is 2.37 bits per heavy atom. The molecule has 1 aliphatic heterocycles. The predicted octanol–water partition coefficient (Wildman–Crippen LogP) is 5.12. The average Bonchev–Trinajstić information content (AvgIpc) is 3.83. The number of amides is 2. The van der Waals surface area contributed by atoms with Crippen LogP contribution >= 0.6 is 0 Å². The molecule has 14 heteroatoms. The Balaban J connectivity index is 1.20. The Bertz CT molecular complexity index is 2110. The van der Waals surface area contributed by atoms with Gasteiger partial charge in [-0.05, 0) is 43.0 Å². The Morgan fingerprint density at radius 2 is 1.65 bits per heavy atom. The van der Waals surface area contributed by atoms with Gasteiger partial charge in [-0.2, -0.15) is 0 Å². The van der Waals surface area contributed by atoms with E-state index in [1.54, 1.807) is 62.4 Å². The lowest BCUT2D eigenvalue weighted by Gasteiger charge is -2.22. The summed E-state index contributed by atoms with van der Waals surface area (Å²) in [4.78, 5) is 58.0. The standard InChI is InChI=1S/C37H36N6O8/c1-22(2)30(31(45)33-41-42-35(51-33)37(3,4)25-15-16-27-28(17-25)50-21-49-27)40-29(44)19-43-32(24-13-9-6-10-14-24)38-18-26(34(43)46)39-36(47)48-20-23-11-7-5-8-12-23/h5-18,22,30H,19-21H2,1-4H3,(H,39,47)(H,40,44)/t30-/m0/s1. The molecule has 3 aromatic carbocycles. The molecule has 2 aromatic heterocycles. The molecule has 0 saturated carbocycles. The summed E-state index contributed by atoms with van der Waals surface area (Å²) >= 11 is 0. The van der Waals surface area contributed by atoms with Crippen molar-refractivity contribution in [3.63, 3.8) is 0 Å². The number of benzene rings is 3. The molecule has 0 aliphatic carbocycles. The van der Waals surface area contributed by atoms with Crippen molar-refractivity contribution in [3.05, 3.63) is 118 Å². The topological polar surface area (TPSA) is 177 Å². The molecule has 6 rings (SSSR count). The lowest BCUT2D eigenvalue weighted by Crippen LogP contribution is -2.46. The molecule has 0 unspecified atom stereocenters. The number of Topliss-reactive ketones (excluding diaryl/α,β-unsaturated/α-hetero) is 1. The third-order valence-corrected chi connectivity index (χ3v) is 8.36. The maximum absolute atomic E-state index is 13.7. The molecular formula is C37H36N6O8. The van der Waals surface area contributed by atoms with E-state index in [1.165, 1.54) is 6.20 Å². The van der Waals surface area contributed by atoms with Crippen LogP contribution in [-0.4, -0.2) is 50.4 Å². The molecule has 2 N–H and O–H groups in total. The van der Waals surface area contributed by atoms with Gasteiger partial charge in [0.25, 0.3) is 11.4 Å². The maximum atomic E-state index is 13.7. The summed E-state index contributed by atoms with van der Waals surface area (Å²) in [5.41, 5.74) is 0.436. The van der Waals surface area contributed by atoms with Gasteiger partial charge in [-0.15, -0.1) is 10.2 Å². The second-order valence-corrected chi connectivity index (χ2v) is 12.7. The van der Waals surface area contributed by atoms with E-state index in [2.05, 4.69) is 25.8 Å². The zero-order valence-electron chi connectivity index (χ0n) is 28.4. The average molecular weight is 693 g/mol. The summed E-state index contributed by atoms with van der Waals surface area (Å²) in [6, 6.07) is 22.2. The van der Waals surface area contributed by atoms with Crippen molar-refractivity contribution in [1.29, 1.82) is 0 Å². The Morgan fingerprint density at radius 1 is 0.941 bits per heavy atom. The molecular weight excluding hydrogens is 656 g/mol. The summed E-state index contributed by atoms with van der Waals surface area (Å²) in [6.07, 6.45) is 0.342. The summed E-state index contributed by atoms with van der Waals surface area (Å²) in [5.74, 6) is -0.334. The Hall–Kier alpha value is -6.31. The molecule has 0 saturated heterocycles. The van der Waals surface area contributed by atoms with Crippen LogP contribution in [0.1, 0.15) is 55.4 Å². The van der Waals surface area contributed by atoms with Crippen molar-refractivity contribution in [2.24, 2.45) is 5.92 Å². The van der Waals surface area contributed by atoms with Crippen LogP contribution in [0.4, 0.5) is 10.5 Å². The fourth-order valence-corrected chi connectivity index (χ4v) is 5.43. The van der Waals surface area contributed by atoms with Crippen LogP contribution in [0.25, 0.3) is 11.4 Å². The zero-order chi connectivity index (χ0) is 36.1. The number of fused-ring (bicyclic) bond motifs is 1. The fraction of sp³-hybridized carbons (Fsp3) is 0.270. The SMILES string of the molecule is CC(C)[C@H](NC(=O)Cn1c(-c2ccccc2)ncc(NC(=O)OCc2ccccc2)c1=O)C(=O)c1nnc(C(C)(C)c2ccc3c(c2)OCO3)o1. The summed E-state index contributed by atoms with van der Waals surface area (Å²) in [6.45, 7) is 6.85. The molecule has 1 atom stereocenters. The number of nitrogens with zero attached hydrogens (tertiary/aromatic N) is 4. The summed E-state index contributed by atoms with van der Waals surface area (Å²) in [5, 5.41) is 13.3. The molecule has 0 spiro atoms. The Labute approximate surface area is 292 Å². The van der Waals surface area contributed by atoms with Gasteiger partial charge in [-0.1, -0.05) is 80.6 Å². The van der Waals surface area contributed by atoms with Crippen LogP contribution in [0.5, 0.6) is 11.5 Å². The van der Waals surface area contributed by atoms with E-state index in [4.69, 9.17) is 18.6 Å².